The molecule has 0 aromatic heterocycles. The first kappa shape index (κ1) is 18.9. The van der Waals surface area contributed by atoms with Crippen molar-refractivity contribution in [2.75, 3.05) is 12.8 Å². The van der Waals surface area contributed by atoms with Crippen LogP contribution in [0.25, 0.3) is 0 Å². The van der Waals surface area contributed by atoms with Crippen molar-refractivity contribution in [3.63, 3.8) is 0 Å². The van der Waals surface area contributed by atoms with Gasteiger partial charge in [-0.15, -0.1) is 0 Å². The van der Waals surface area contributed by atoms with Crippen molar-refractivity contribution < 1.29 is 13.2 Å². The Morgan fingerprint density at radius 2 is 1.77 bits per heavy atom. The normalized spacial score (nSPS) is 13.7. The van der Waals surface area contributed by atoms with E-state index in [2.05, 4.69) is 10.0 Å². The SMILES string of the molecule is CNS(=O)(=O)CC(=O)N[C@H](Cc1ccc(Cl)cc1)C(C)(C)C. The maximum absolute atomic E-state index is 12.0. The molecule has 0 aliphatic heterocycles. The van der Waals surface area contributed by atoms with Crippen LogP contribution >= 0.6 is 11.6 Å². The summed E-state index contributed by atoms with van der Waals surface area (Å²) in [6, 6.07) is 7.20. The molecule has 0 heterocycles. The van der Waals surface area contributed by atoms with Gasteiger partial charge in [0.25, 0.3) is 0 Å². The quantitative estimate of drug-likeness (QED) is 0.826. The molecule has 5 nitrogen and oxygen atoms in total. The lowest BCUT2D eigenvalue weighted by atomic mass is 9.83. The highest BCUT2D eigenvalue weighted by atomic mass is 35.5. The Hall–Kier alpha value is -1.11. The molecule has 0 spiro atoms. The molecule has 0 aliphatic rings. The smallest absolute Gasteiger partial charge is 0.236 e. The Morgan fingerprint density at radius 1 is 1.23 bits per heavy atom. The number of rotatable bonds is 6. The van der Waals surface area contributed by atoms with E-state index >= 15 is 0 Å². The summed E-state index contributed by atoms with van der Waals surface area (Å²) in [5.74, 6) is -1.08. The lowest BCUT2D eigenvalue weighted by Crippen LogP contribution is -2.47. The zero-order valence-corrected chi connectivity index (χ0v) is 14.9. The molecule has 1 amide bonds. The van der Waals surface area contributed by atoms with Gasteiger partial charge in [-0.2, -0.15) is 0 Å². The largest absolute Gasteiger partial charge is 0.352 e. The second-order valence-electron chi connectivity index (χ2n) is 6.28. The maximum atomic E-state index is 12.0. The molecule has 0 saturated heterocycles. The number of hydrogen-bond acceptors (Lipinski definition) is 3. The van der Waals surface area contributed by atoms with Crippen LogP contribution in [0.4, 0.5) is 0 Å². The maximum Gasteiger partial charge on any atom is 0.236 e. The highest BCUT2D eigenvalue weighted by Gasteiger charge is 2.27. The molecule has 1 aromatic rings. The first-order chi connectivity index (χ1) is 10.0. The topological polar surface area (TPSA) is 75.3 Å². The van der Waals surface area contributed by atoms with E-state index in [9.17, 15) is 13.2 Å². The van der Waals surface area contributed by atoms with Crippen LogP contribution in [0.1, 0.15) is 26.3 Å². The van der Waals surface area contributed by atoms with Crippen LogP contribution in [0.15, 0.2) is 24.3 Å². The van der Waals surface area contributed by atoms with Crippen LogP contribution < -0.4 is 10.0 Å². The molecule has 124 valence electrons. The Bertz CT molecular complexity index is 607. The van der Waals surface area contributed by atoms with Crippen LogP contribution in [-0.4, -0.2) is 33.2 Å². The molecular formula is C15H23ClN2O3S. The van der Waals surface area contributed by atoms with Crippen molar-refractivity contribution in [3.05, 3.63) is 34.9 Å². The van der Waals surface area contributed by atoms with E-state index in [1.54, 1.807) is 12.1 Å². The van der Waals surface area contributed by atoms with Crippen LogP contribution in [0.5, 0.6) is 0 Å². The van der Waals surface area contributed by atoms with Crippen LogP contribution in [0.3, 0.4) is 0 Å². The number of hydrogen-bond donors (Lipinski definition) is 2. The fourth-order valence-electron chi connectivity index (χ4n) is 1.91. The Labute approximate surface area is 137 Å². The number of amides is 1. The number of sulfonamides is 1. The summed E-state index contributed by atoms with van der Waals surface area (Å²) in [7, 11) is -2.28. The number of nitrogens with one attached hydrogen (secondary N) is 2. The standard InChI is InChI=1S/C15H23ClN2O3S/c1-15(2,3)13(9-11-5-7-12(16)8-6-11)18-14(19)10-22(20,21)17-4/h5-8,13,17H,9-10H2,1-4H3,(H,18,19)/t13-/m1/s1. The van der Waals surface area contributed by atoms with E-state index in [4.69, 9.17) is 11.6 Å². The van der Waals surface area contributed by atoms with Crippen molar-refractivity contribution in [1.29, 1.82) is 0 Å². The summed E-state index contributed by atoms with van der Waals surface area (Å²) in [6.45, 7) is 6.00. The number of benzene rings is 1. The molecule has 2 N–H and O–H groups in total. The van der Waals surface area contributed by atoms with Gasteiger partial charge >= 0.3 is 0 Å². The summed E-state index contributed by atoms with van der Waals surface area (Å²) in [4.78, 5) is 12.0. The van der Waals surface area contributed by atoms with Gasteiger partial charge in [-0.1, -0.05) is 44.5 Å². The second-order valence-corrected chi connectivity index (χ2v) is 8.64. The van der Waals surface area contributed by atoms with Crippen molar-refractivity contribution in [2.24, 2.45) is 5.41 Å². The van der Waals surface area contributed by atoms with Gasteiger partial charge in [0.15, 0.2) is 0 Å². The summed E-state index contributed by atoms with van der Waals surface area (Å²) >= 11 is 5.87. The third kappa shape index (κ3) is 6.34. The molecule has 1 rings (SSSR count). The number of carbonyl (C=O) groups is 1. The van der Waals surface area contributed by atoms with Gasteiger partial charge in [0, 0.05) is 11.1 Å². The average Bonchev–Trinajstić information content (AvgIpc) is 2.39. The van der Waals surface area contributed by atoms with Gasteiger partial charge in [0.1, 0.15) is 5.75 Å². The van der Waals surface area contributed by atoms with Gasteiger partial charge in [-0.3, -0.25) is 4.79 Å². The minimum Gasteiger partial charge on any atom is -0.352 e. The first-order valence-corrected chi connectivity index (χ1v) is 9.01. The van der Waals surface area contributed by atoms with Crippen LogP contribution in [-0.2, 0) is 21.2 Å². The van der Waals surface area contributed by atoms with E-state index in [0.29, 0.717) is 11.4 Å². The van der Waals surface area contributed by atoms with Crippen molar-refractivity contribution in [2.45, 2.75) is 33.2 Å². The van der Waals surface area contributed by atoms with E-state index in [1.165, 1.54) is 7.05 Å². The summed E-state index contributed by atoms with van der Waals surface area (Å²) in [6.07, 6.45) is 0.603. The number of carbonyl (C=O) groups excluding carboxylic acids is 1. The summed E-state index contributed by atoms with van der Waals surface area (Å²) < 4.78 is 25.0. The second kappa shape index (κ2) is 7.44. The number of halogens is 1. The van der Waals surface area contributed by atoms with Gasteiger partial charge in [0.05, 0.1) is 0 Å². The Morgan fingerprint density at radius 3 is 2.23 bits per heavy atom. The molecule has 22 heavy (non-hydrogen) atoms. The zero-order valence-electron chi connectivity index (χ0n) is 13.3. The van der Waals surface area contributed by atoms with Crippen molar-refractivity contribution >= 4 is 27.5 Å². The van der Waals surface area contributed by atoms with Crippen LogP contribution in [0.2, 0.25) is 5.02 Å². The lowest BCUT2D eigenvalue weighted by Gasteiger charge is -2.31. The van der Waals surface area contributed by atoms with Gasteiger partial charge < -0.3 is 5.32 Å². The molecule has 0 aliphatic carbocycles. The molecule has 0 saturated carbocycles. The zero-order chi connectivity index (χ0) is 17.0. The average molecular weight is 347 g/mol. The fraction of sp³-hybridized carbons (Fsp3) is 0.533. The van der Waals surface area contributed by atoms with Crippen molar-refractivity contribution in [1.82, 2.24) is 10.0 Å². The minimum absolute atomic E-state index is 0.187. The lowest BCUT2D eigenvalue weighted by molar-refractivity contribution is -0.120. The van der Waals surface area contributed by atoms with Gasteiger partial charge in [0.2, 0.25) is 15.9 Å². The predicted octanol–water partition coefficient (Wildman–Crippen LogP) is 1.96. The van der Waals surface area contributed by atoms with E-state index in [0.717, 1.165) is 5.56 Å². The molecule has 0 fully saturated rings. The molecule has 7 heteroatoms. The molecule has 0 bridgehead atoms. The molecule has 0 unspecified atom stereocenters. The highest BCUT2D eigenvalue weighted by Crippen LogP contribution is 2.23. The van der Waals surface area contributed by atoms with E-state index in [-0.39, 0.29) is 11.5 Å². The first-order valence-electron chi connectivity index (χ1n) is 6.98. The fourth-order valence-corrected chi connectivity index (χ4v) is 2.61. The van der Waals surface area contributed by atoms with Crippen molar-refractivity contribution in [3.8, 4) is 0 Å². The Kier molecular flexibility index (Phi) is 6.40. The third-order valence-corrected chi connectivity index (χ3v) is 4.88. The third-order valence-electron chi connectivity index (χ3n) is 3.37. The summed E-state index contributed by atoms with van der Waals surface area (Å²) in [5, 5.41) is 3.47. The summed E-state index contributed by atoms with van der Waals surface area (Å²) in [5.41, 5.74) is 0.819. The molecular weight excluding hydrogens is 324 g/mol. The molecule has 1 aromatic carbocycles. The van der Waals surface area contributed by atoms with Gasteiger partial charge in [-0.25, -0.2) is 13.1 Å². The monoisotopic (exact) mass is 346 g/mol. The highest BCUT2D eigenvalue weighted by molar-refractivity contribution is 7.90. The molecule has 1 atom stereocenters. The predicted molar refractivity (Wildman–Crippen MR) is 89.4 cm³/mol. The van der Waals surface area contributed by atoms with Crippen LogP contribution in [0, 0.1) is 5.41 Å². The minimum atomic E-state index is -3.57. The van der Waals surface area contributed by atoms with Gasteiger partial charge in [-0.05, 0) is 36.6 Å². The Balaban J connectivity index is 2.82. The van der Waals surface area contributed by atoms with E-state index in [1.807, 2.05) is 32.9 Å². The molecule has 0 radical (unpaired) electrons. The van der Waals surface area contributed by atoms with E-state index < -0.39 is 21.7 Å².